The Morgan fingerprint density at radius 1 is 1.27 bits per heavy atom. The maximum atomic E-state index is 11.9. The third kappa shape index (κ3) is 2.33. The molecule has 112 valence electrons. The van der Waals surface area contributed by atoms with Gasteiger partial charge in [-0.25, -0.2) is 4.98 Å². The molecule has 7 heteroatoms. The first-order valence-electron chi connectivity index (χ1n) is 6.46. The maximum Gasteiger partial charge on any atom is 0.252 e. The zero-order chi connectivity index (χ0) is 15.9. The molecule has 1 aromatic carbocycles. The molecule has 0 saturated heterocycles. The number of halogens is 2. The highest BCUT2D eigenvalue weighted by molar-refractivity contribution is 6.36. The van der Waals surface area contributed by atoms with Gasteiger partial charge in [-0.05, 0) is 17.7 Å². The molecule has 0 radical (unpaired) electrons. The number of rotatable bonds is 3. The molecule has 3 aromatic rings. The molecule has 3 rings (SSSR count). The minimum atomic E-state index is -0.580. The number of aromatic nitrogens is 2. The van der Waals surface area contributed by atoms with E-state index in [1.807, 2.05) is 6.20 Å². The van der Waals surface area contributed by atoms with Gasteiger partial charge < -0.3 is 15.9 Å². The molecular formula is C15H12Cl2N4O. The van der Waals surface area contributed by atoms with Gasteiger partial charge >= 0.3 is 0 Å². The van der Waals surface area contributed by atoms with E-state index in [0.717, 1.165) is 11.1 Å². The van der Waals surface area contributed by atoms with Crippen LogP contribution in [0.5, 0.6) is 0 Å². The van der Waals surface area contributed by atoms with Crippen LogP contribution in [0.4, 0.5) is 0 Å². The lowest BCUT2D eigenvalue weighted by atomic mass is 9.97. The summed E-state index contributed by atoms with van der Waals surface area (Å²) in [7, 11) is 0. The first kappa shape index (κ1) is 14.8. The Bertz CT molecular complexity index is 889. The molecule has 0 spiro atoms. The monoisotopic (exact) mass is 334 g/mol. The van der Waals surface area contributed by atoms with E-state index in [4.69, 9.17) is 34.7 Å². The number of fused-ring (bicyclic) bond motifs is 1. The lowest BCUT2D eigenvalue weighted by Crippen LogP contribution is -2.18. The molecular weight excluding hydrogens is 323 g/mol. The molecule has 2 heterocycles. The molecule has 0 unspecified atom stereocenters. The van der Waals surface area contributed by atoms with Crippen molar-refractivity contribution in [3.8, 4) is 11.1 Å². The zero-order valence-corrected chi connectivity index (χ0v) is 12.9. The lowest BCUT2D eigenvalue weighted by Gasteiger charge is -2.15. The molecule has 0 atom stereocenters. The molecule has 0 bridgehead atoms. The van der Waals surface area contributed by atoms with Crippen LogP contribution in [0.2, 0.25) is 10.0 Å². The SMILES string of the molecule is NCc1c(-c2ccc(Cl)cc2Cl)cn2ccnc2c1C(N)=O. The third-order valence-electron chi connectivity index (χ3n) is 3.46. The van der Waals surface area contributed by atoms with Crippen LogP contribution in [0.1, 0.15) is 15.9 Å². The Morgan fingerprint density at radius 3 is 2.68 bits per heavy atom. The topological polar surface area (TPSA) is 86.4 Å². The van der Waals surface area contributed by atoms with E-state index in [1.54, 1.807) is 35.0 Å². The van der Waals surface area contributed by atoms with Gasteiger partial charge in [-0.15, -0.1) is 0 Å². The molecule has 0 saturated carbocycles. The third-order valence-corrected chi connectivity index (χ3v) is 4.01. The molecule has 5 nitrogen and oxygen atoms in total. The molecule has 1 amide bonds. The minimum Gasteiger partial charge on any atom is -0.365 e. The predicted octanol–water partition coefficient (Wildman–Crippen LogP) is 2.87. The van der Waals surface area contributed by atoms with E-state index in [2.05, 4.69) is 4.98 Å². The van der Waals surface area contributed by atoms with Gasteiger partial charge in [-0.1, -0.05) is 29.3 Å². The Hall–Kier alpha value is -2.08. The highest BCUT2D eigenvalue weighted by atomic mass is 35.5. The molecule has 0 aliphatic rings. The van der Waals surface area contributed by atoms with Gasteiger partial charge in [0, 0.05) is 46.3 Å². The Morgan fingerprint density at radius 2 is 2.05 bits per heavy atom. The van der Waals surface area contributed by atoms with Crippen molar-refractivity contribution in [3.63, 3.8) is 0 Å². The number of primary amides is 1. The van der Waals surface area contributed by atoms with Crippen molar-refractivity contribution in [3.05, 3.63) is 58.0 Å². The summed E-state index contributed by atoms with van der Waals surface area (Å²) < 4.78 is 1.72. The van der Waals surface area contributed by atoms with E-state index in [1.165, 1.54) is 0 Å². The summed E-state index contributed by atoms with van der Waals surface area (Å²) in [5, 5.41) is 0.999. The van der Waals surface area contributed by atoms with Gasteiger partial charge in [-0.3, -0.25) is 4.79 Å². The van der Waals surface area contributed by atoms with E-state index in [0.29, 0.717) is 26.8 Å². The van der Waals surface area contributed by atoms with Crippen LogP contribution in [0.3, 0.4) is 0 Å². The number of carbonyl (C=O) groups excluding carboxylic acids is 1. The van der Waals surface area contributed by atoms with Crippen molar-refractivity contribution in [2.45, 2.75) is 6.54 Å². The number of carbonyl (C=O) groups is 1. The fraction of sp³-hybridized carbons (Fsp3) is 0.0667. The fourth-order valence-corrected chi connectivity index (χ4v) is 3.02. The van der Waals surface area contributed by atoms with Crippen molar-refractivity contribution in [1.29, 1.82) is 0 Å². The Balaban J connectivity index is 2.40. The van der Waals surface area contributed by atoms with Gasteiger partial charge in [0.2, 0.25) is 0 Å². The number of pyridine rings is 1. The lowest BCUT2D eigenvalue weighted by molar-refractivity contribution is 0.100. The first-order valence-corrected chi connectivity index (χ1v) is 7.22. The van der Waals surface area contributed by atoms with E-state index < -0.39 is 5.91 Å². The number of amides is 1. The van der Waals surface area contributed by atoms with Crippen LogP contribution in [0, 0.1) is 0 Å². The first-order chi connectivity index (χ1) is 10.5. The van der Waals surface area contributed by atoms with Crippen LogP contribution in [0.25, 0.3) is 16.8 Å². The van der Waals surface area contributed by atoms with Crippen LogP contribution < -0.4 is 11.5 Å². The average molecular weight is 335 g/mol. The van der Waals surface area contributed by atoms with Crippen molar-refractivity contribution in [1.82, 2.24) is 9.38 Å². The van der Waals surface area contributed by atoms with Crippen LogP contribution in [-0.4, -0.2) is 15.3 Å². The number of hydrogen-bond donors (Lipinski definition) is 2. The summed E-state index contributed by atoms with van der Waals surface area (Å²) in [6.45, 7) is 0.135. The molecule has 0 aliphatic carbocycles. The van der Waals surface area contributed by atoms with E-state index in [9.17, 15) is 4.79 Å². The smallest absolute Gasteiger partial charge is 0.252 e. The number of imidazole rings is 1. The fourth-order valence-electron chi connectivity index (χ4n) is 2.51. The second kappa shape index (κ2) is 5.61. The number of nitrogens with two attached hydrogens (primary N) is 2. The summed E-state index contributed by atoms with van der Waals surface area (Å²) in [6.07, 6.45) is 5.15. The summed E-state index contributed by atoms with van der Waals surface area (Å²) >= 11 is 12.2. The number of benzene rings is 1. The maximum absolute atomic E-state index is 11.9. The summed E-state index contributed by atoms with van der Waals surface area (Å²) in [4.78, 5) is 16.0. The van der Waals surface area contributed by atoms with Gasteiger partial charge in [-0.2, -0.15) is 0 Å². The minimum absolute atomic E-state index is 0.135. The van der Waals surface area contributed by atoms with Crippen molar-refractivity contribution >= 4 is 34.8 Å². The number of hydrogen-bond acceptors (Lipinski definition) is 3. The van der Waals surface area contributed by atoms with Crippen LogP contribution in [0.15, 0.2) is 36.8 Å². The standard InChI is InChI=1S/C15H12Cl2N4O/c16-8-1-2-9(12(17)5-8)11-7-21-4-3-20-15(21)13(14(19)22)10(11)6-18/h1-5,7H,6,18H2,(H2,19,22). The van der Waals surface area contributed by atoms with Crippen molar-refractivity contribution < 1.29 is 4.79 Å². The molecule has 4 N–H and O–H groups in total. The van der Waals surface area contributed by atoms with Gasteiger partial charge in [0.05, 0.1) is 5.56 Å². The predicted molar refractivity (Wildman–Crippen MR) is 87.1 cm³/mol. The molecule has 2 aromatic heterocycles. The summed E-state index contributed by atoms with van der Waals surface area (Å²) in [6, 6.07) is 5.15. The van der Waals surface area contributed by atoms with E-state index in [-0.39, 0.29) is 6.54 Å². The highest BCUT2D eigenvalue weighted by Crippen LogP contribution is 2.34. The normalized spacial score (nSPS) is 11.0. The second-order valence-electron chi connectivity index (χ2n) is 4.75. The molecule has 0 fully saturated rings. The van der Waals surface area contributed by atoms with Crippen LogP contribution in [-0.2, 0) is 6.54 Å². The van der Waals surface area contributed by atoms with Gasteiger partial charge in [0.1, 0.15) is 5.65 Å². The largest absolute Gasteiger partial charge is 0.365 e. The quantitative estimate of drug-likeness (QED) is 0.772. The van der Waals surface area contributed by atoms with Crippen LogP contribution >= 0.6 is 23.2 Å². The van der Waals surface area contributed by atoms with E-state index >= 15 is 0 Å². The zero-order valence-electron chi connectivity index (χ0n) is 11.4. The summed E-state index contributed by atoms with van der Waals surface area (Å²) in [5.41, 5.74) is 14.2. The second-order valence-corrected chi connectivity index (χ2v) is 5.59. The Labute approximate surface area is 136 Å². The van der Waals surface area contributed by atoms with Crippen molar-refractivity contribution in [2.24, 2.45) is 11.5 Å². The molecule has 0 aliphatic heterocycles. The van der Waals surface area contributed by atoms with Crippen molar-refractivity contribution in [2.75, 3.05) is 0 Å². The Kier molecular flexibility index (Phi) is 3.78. The average Bonchev–Trinajstić information content (AvgIpc) is 2.92. The van der Waals surface area contributed by atoms with Gasteiger partial charge in [0.25, 0.3) is 5.91 Å². The highest BCUT2D eigenvalue weighted by Gasteiger charge is 2.20. The van der Waals surface area contributed by atoms with Gasteiger partial charge in [0.15, 0.2) is 0 Å². The molecule has 22 heavy (non-hydrogen) atoms. The number of nitrogens with zero attached hydrogens (tertiary/aromatic N) is 2. The summed E-state index contributed by atoms with van der Waals surface area (Å²) in [5.74, 6) is -0.580.